The molecule has 0 spiro atoms. The van der Waals surface area contributed by atoms with Crippen LogP contribution in [-0.4, -0.2) is 19.6 Å². The number of allylic oxidation sites excluding steroid dienone is 2. The Labute approximate surface area is 85.1 Å². The molecule has 0 rings (SSSR count). The number of carbonyl (C=O) groups is 1. The lowest BCUT2D eigenvalue weighted by atomic mass is 10.2. The van der Waals surface area contributed by atoms with Crippen molar-refractivity contribution in [3.05, 3.63) is 36.6 Å². The van der Waals surface area contributed by atoms with Gasteiger partial charge in [0.05, 0.1) is 0 Å². The van der Waals surface area contributed by atoms with E-state index < -0.39 is 0 Å². The van der Waals surface area contributed by atoms with Crippen molar-refractivity contribution in [1.82, 2.24) is 5.32 Å². The summed E-state index contributed by atoms with van der Waals surface area (Å²) in [5.74, 6) is -0.219. The van der Waals surface area contributed by atoms with Crippen molar-refractivity contribution in [3.63, 3.8) is 0 Å². The highest BCUT2D eigenvalue weighted by Crippen LogP contribution is 2.05. The van der Waals surface area contributed by atoms with Gasteiger partial charge in [-0.1, -0.05) is 32.2 Å². The molecule has 0 saturated carbocycles. The van der Waals surface area contributed by atoms with Crippen molar-refractivity contribution >= 4 is 5.97 Å². The van der Waals surface area contributed by atoms with Gasteiger partial charge in [-0.25, -0.2) is 0 Å². The van der Waals surface area contributed by atoms with Gasteiger partial charge in [0.2, 0.25) is 0 Å². The first-order valence-electron chi connectivity index (χ1n) is 4.49. The zero-order valence-corrected chi connectivity index (χ0v) is 8.80. The molecule has 0 aromatic heterocycles. The zero-order chi connectivity index (χ0) is 11.0. The highest BCUT2D eigenvalue weighted by Gasteiger charge is 2.03. The Morgan fingerprint density at radius 2 is 2.21 bits per heavy atom. The van der Waals surface area contributed by atoms with Crippen molar-refractivity contribution in [1.29, 1.82) is 0 Å². The largest absolute Gasteiger partial charge is 0.461 e. The highest BCUT2D eigenvalue weighted by molar-refractivity contribution is 5.69. The van der Waals surface area contributed by atoms with Crippen molar-refractivity contribution in [3.8, 4) is 0 Å². The number of esters is 1. The summed E-state index contributed by atoms with van der Waals surface area (Å²) in [6, 6.07) is 0. The molecule has 0 saturated heterocycles. The Bertz CT molecular complexity index is 254. The second-order valence-corrected chi connectivity index (χ2v) is 2.67. The molecule has 0 radical (unpaired) electrons. The van der Waals surface area contributed by atoms with Gasteiger partial charge in [0.25, 0.3) is 0 Å². The molecule has 0 aromatic carbocycles. The third-order valence-electron chi connectivity index (χ3n) is 1.69. The van der Waals surface area contributed by atoms with E-state index in [9.17, 15) is 4.79 Å². The first kappa shape index (κ1) is 12.5. The topological polar surface area (TPSA) is 38.3 Å². The monoisotopic (exact) mass is 195 g/mol. The lowest BCUT2D eigenvalue weighted by Crippen LogP contribution is -2.13. The summed E-state index contributed by atoms with van der Waals surface area (Å²) in [4.78, 5) is 10.9. The summed E-state index contributed by atoms with van der Waals surface area (Å²) < 4.78 is 4.97. The van der Waals surface area contributed by atoms with E-state index in [2.05, 4.69) is 18.5 Å². The van der Waals surface area contributed by atoms with E-state index in [0.29, 0.717) is 6.42 Å². The fraction of sp³-hybridized carbons (Fsp3) is 0.364. The number of carbonyl (C=O) groups excluding carboxylic acids is 1. The lowest BCUT2D eigenvalue weighted by Gasteiger charge is -2.10. The van der Waals surface area contributed by atoms with Crippen LogP contribution in [0.25, 0.3) is 0 Å². The molecule has 3 nitrogen and oxygen atoms in total. The standard InChI is InChI=1S/C11H17NO2/c1-5-7-10(9(3)12-4)8-14-11(13)6-2/h5,7,12H,1,3,6,8H2,2,4H3/b10-7-. The third-order valence-corrected chi connectivity index (χ3v) is 1.69. The molecule has 14 heavy (non-hydrogen) atoms. The molecule has 1 N–H and O–H groups in total. The molecule has 0 fully saturated rings. The maximum atomic E-state index is 10.9. The van der Waals surface area contributed by atoms with Gasteiger partial charge in [-0.2, -0.15) is 0 Å². The summed E-state index contributed by atoms with van der Waals surface area (Å²) in [5.41, 5.74) is 1.55. The predicted molar refractivity (Wildman–Crippen MR) is 57.7 cm³/mol. The average Bonchev–Trinajstić information content (AvgIpc) is 2.22. The van der Waals surface area contributed by atoms with E-state index in [1.54, 1.807) is 26.1 Å². The van der Waals surface area contributed by atoms with Crippen LogP contribution in [0, 0.1) is 0 Å². The molecule has 0 aliphatic heterocycles. The number of nitrogens with one attached hydrogen (secondary N) is 1. The summed E-state index contributed by atoms with van der Waals surface area (Å²) in [7, 11) is 1.76. The minimum absolute atomic E-state index is 0.219. The maximum absolute atomic E-state index is 10.9. The molecule has 0 atom stereocenters. The van der Waals surface area contributed by atoms with Crippen molar-refractivity contribution in [2.45, 2.75) is 13.3 Å². The molecule has 0 amide bonds. The molecular weight excluding hydrogens is 178 g/mol. The van der Waals surface area contributed by atoms with E-state index in [1.807, 2.05) is 0 Å². The molecule has 0 bridgehead atoms. The second-order valence-electron chi connectivity index (χ2n) is 2.67. The normalized spacial score (nSPS) is 10.6. The fourth-order valence-electron chi connectivity index (χ4n) is 0.799. The number of hydrogen-bond donors (Lipinski definition) is 1. The van der Waals surface area contributed by atoms with E-state index in [0.717, 1.165) is 11.3 Å². The highest BCUT2D eigenvalue weighted by atomic mass is 16.5. The summed E-state index contributed by atoms with van der Waals surface area (Å²) in [6.07, 6.45) is 3.78. The molecule has 0 aromatic rings. The van der Waals surface area contributed by atoms with Gasteiger partial charge in [-0.05, 0) is 0 Å². The third kappa shape index (κ3) is 4.50. The molecule has 3 heteroatoms. The Hall–Kier alpha value is -1.51. The predicted octanol–water partition coefficient (Wildman–Crippen LogP) is 1.79. The van der Waals surface area contributed by atoms with Gasteiger partial charge in [-0.15, -0.1) is 0 Å². The zero-order valence-electron chi connectivity index (χ0n) is 8.80. The average molecular weight is 195 g/mol. The van der Waals surface area contributed by atoms with Crippen LogP contribution in [-0.2, 0) is 9.53 Å². The number of hydrogen-bond acceptors (Lipinski definition) is 3. The molecule has 78 valence electrons. The molecule has 0 aliphatic carbocycles. The lowest BCUT2D eigenvalue weighted by molar-refractivity contribution is -0.142. The molecular formula is C11H17NO2. The van der Waals surface area contributed by atoms with Gasteiger partial charge in [0.1, 0.15) is 6.61 Å². The first-order valence-corrected chi connectivity index (χ1v) is 4.49. The Kier molecular flexibility index (Phi) is 6.20. The smallest absolute Gasteiger partial charge is 0.305 e. The Morgan fingerprint density at radius 1 is 1.57 bits per heavy atom. The minimum Gasteiger partial charge on any atom is -0.461 e. The second kappa shape index (κ2) is 6.95. The fourth-order valence-corrected chi connectivity index (χ4v) is 0.799. The van der Waals surface area contributed by atoms with Crippen molar-refractivity contribution in [2.24, 2.45) is 0 Å². The quantitative estimate of drug-likeness (QED) is 0.518. The van der Waals surface area contributed by atoms with Crippen LogP contribution in [0.2, 0.25) is 0 Å². The van der Waals surface area contributed by atoms with Crippen molar-refractivity contribution in [2.75, 3.05) is 13.7 Å². The molecule has 0 aliphatic rings. The van der Waals surface area contributed by atoms with E-state index in [-0.39, 0.29) is 12.6 Å². The number of rotatable bonds is 6. The summed E-state index contributed by atoms with van der Waals surface area (Å²) >= 11 is 0. The Balaban J connectivity index is 4.25. The van der Waals surface area contributed by atoms with Crippen LogP contribution >= 0.6 is 0 Å². The summed E-state index contributed by atoms with van der Waals surface area (Å²) in [6.45, 7) is 9.35. The molecule has 0 unspecified atom stereocenters. The van der Waals surface area contributed by atoms with Gasteiger partial charge >= 0.3 is 5.97 Å². The number of likely N-dealkylation sites (N-methyl/N-ethyl adjacent to an activating group) is 1. The first-order chi connectivity index (χ1) is 6.65. The van der Waals surface area contributed by atoms with E-state index in [1.165, 1.54) is 0 Å². The van der Waals surface area contributed by atoms with Crippen LogP contribution in [0.4, 0.5) is 0 Å². The van der Waals surface area contributed by atoms with Gasteiger partial charge < -0.3 is 10.1 Å². The maximum Gasteiger partial charge on any atom is 0.305 e. The van der Waals surface area contributed by atoms with Gasteiger partial charge in [-0.3, -0.25) is 4.79 Å². The van der Waals surface area contributed by atoms with E-state index >= 15 is 0 Å². The van der Waals surface area contributed by atoms with Crippen LogP contribution in [0.1, 0.15) is 13.3 Å². The molecule has 0 heterocycles. The van der Waals surface area contributed by atoms with Crippen LogP contribution in [0.5, 0.6) is 0 Å². The van der Waals surface area contributed by atoms with Crippen molar-refractivity contribution < 1.29 is 9.53 Å². The van der Waals surface area contributed by atoms with Gasteiger partial charge in [0.15, 0.2) is 0 Å². The Morgan fingerprint density at radius 3 is 2.64 bits per heavy atom. The SMILES string of the molecule is C=C/C=C(/COC(=O)CC)C(=C)NC. The van der Waals surface area contributed by atoms with E-state index in [4.69, 9.17) is 4.74 Å². The van der Waals surface area contributed by atoms with Crippen LogP contribution < -0.4 is 5.32 Å². The minimum atomic E-state index is -0.219. The summed E-state index contributed by atoms with van der Waals surface area (Å²) in [5, 5.41) is 2.89. The van der Waals surface area contributed by atoms with Gasteiger partial charge in [0, 0.05) is 24.7 Å². The van der Waals surface area contributed by atoms with Crippen LogP contribution in [0.15, 0.2) is 36.6 Å². The van der Waals surface area contributed by atoms with Crippen LogP contribution in [0.3, 0.4) is 0 Å². The number of ether oxygens (including phenoxy) is 1.